The molecule has 2 N–H and O–H groups in total. The molecule has 3 aromatic carbocycles. The molecule has 0 aliphatic heterocycles. The van der Waals surface area contributed by atoms with Crippen molar-refractivity contribution in [2.45, 2.75) is 25.9 Å². The molecule has 0 radical (unpaired) electrons. The number of anilines is 1. The van der Waals surface area contributed by atoms with E-state index in [0.29, 0.717) is 17.0 Å². The first kappa shape index (κ1) is 16.5. The van der Waals surface area contributed by atoms with E-state index in [1.54, 1.807) is 25.3 Å². The van der Waals surface area contributed by atoms with E-state index in [-0.39, 0.29) is 6.10 Å². The zero-order valence-electron chi connectivity index (χ0n) is 14.9. The number of hydrogen-bond acceptors (Lipinski definition) is 4. The van der Waals surface area contributed by atoms with Crippen LogP contribution < -0.4 is 10.5 Å². The highest BCUT2D eigenvalue weighted by Gasteiger charge is 2.21. The van der Waals surface area contributed by atoms with Gasteiger partial charge < -0.3 is 15.2 Å². The third kappa shape index (κ3) is 2.68. The normalized spacial score (nSPS) is 13.6. The van der Waals surface area contributed by atoms with Gasteiger partial charge in [0.05, 0.1) is 18.4 Å². The van der Waals surface area contributed by atoms with E-state index in [2.05, 4.69) is 30.3 Å². The summed E-state index contributed by atoms with van der Waals surface area (Å²) in [6.07, 6.45) is 1.81. The molecule has 26 heavy (non-hydrogen) atoms. The fourth-order valence-corrected chi connectivity index (χ4v) is 3.78. The Hall–Kier alpha value is -3.01. The number of carbonyl (C=O) groups is 1. The highest BCUT2D eigenvalue weighted by Crippen LogP contribution is 2.36. The lowest BCUT2D eigenvalue weighted by Crippen LogP contribution is -2.10. The highest BCUT2D eigenvalue weighted by molar-refractivity contribution is 5.94. The first-order chi connectivity index (χ1) is 12.6. The Morgan fingerprint density at radius 3 is 2.58 bits per heavy atom. The lowest BCUT2D eigenvalue weighted by atomic mass is 9.97. The largest absolute Gasteiger partial charge is 0.495 e. The highest BCUT2D eigenvalue weighted by atomic mass is 16.5. The number of nitrogen functional groups attached to an aromatic ring is 1. The van der Waals surface area contributed by atoms with E-state index in [1.807, 2.05) is 6.92 Å². The van der Waals surface area contributed by atoms with E-state index in [1.165, 1.54) is 21.9 Å². The summed E-state index contributed by atoms with van der Waals surface area (Å²) in [5.41, 5.74) is 10.5. The average molecular weight is 347 g/mol. The maximum absolute atomic E-state index is 12.5. The van der Waals surface area contributed by atoms with Crippen molar-refractivity contribution in [2.24, 2.45) is 0 Å². The number of aryl methyl sites for hydroxylation is 2. The van der Waals surface area contributed by atoms with Gasteiger partial charge in [-0.05, 0) is 59.9 Å². The Morgan fingerprint density at radius 2 is 1.85 bits per heavy atom. The monoisotopic (exact) mass is 347 g/mol. The second-order valence-electron chi connectivity index (χ2n) is 6.66. The molecule has 3 aromatic rings. The van der Waals surface area contributed by atoms with E-state index >= 15 is 0 Å². The van der Waals surface area contributed by atoms with Crippen LogP contribution in [0.2, 0.25) is 0 Å². The van der Waals surface area contributed by atoms with Crippen molar-refractivity contribution in [1.82, 2.24) is 0 Å². The molecule has 0 heterocycles. The molecule has 0 bridgehead atoms. The van der Waals surface area contributed by atoms with Crippen molar-refractivity contribution in [2.75, 3.05) is 12.8 Å². The van der Waals surface area contributed by atoms with Gasteiger partial charge in [0.25, 0.3) is 0 Å². The zero-order chi connectivity index (χ0) is 18.3. The molecule has 0 spiro atoms. The molecule has 4 heteroatoms. The van der Waals surface area contributed by atoms with Crippen LogP contribution in [0.5, 0.6) is 5.75 Å². The summed E-state index contributed by atoms with van der Waals surface area (Å²) < 4.78 is 10.9. The van der Waals surface area contributed by atoms with Crippen LogP contribution in [-0.2, 0) is 17.6 Å². The predicted octanol–water partition coefficient (Wildman–Crippen LogP) is 4.45. The van der Waals surface area contributed by atoms with E-state index in [0.717, 1.165) is 18.4 Å². The van der Waals surface area contributed by atoms with Crippen LogP contribution in [0.4, 0.5) is 5.69 Å². The molecule has 0 aromatic heterocycles. The molecule has 4 rings (SSSR count). The van der Waals surface area contributed by atoms with Crippen LogP contribution in [0.1, 0.15) is 40.1 Å². The summed E-state index contributed by atoms with van der Waals surface area (Å²) in [5.74, 6) is 0.150. The predicted molar refractivity (Wildman–Crippen MR) is 103 cm³/mol. The van der Waals surface area contributed by atoms with Crippen molar-refractivity contribution in [3.8, 4) is 5.75 Å². The van der Waals surface area contributed by atoms with Gasteiger partial charge in [-0.25, -0.2) is 4.79 Å². The third-order valence-corrected chi connectivity index (χ3v) is 5.10. The minimum Gasteiger partial charge on any atom is -0.495 e. The molecule has 0 amide bonds. The summed E-state index contributed by atoms with van der Waals surface area (Å²) in [6, 6.07) is 15.5. The molecule has 0 saturated carbocycles. The van der Waals surface area contributed by atoms with Crippen LogP contribution in [0.25, 0.3) is 10.8 Å². The van der Waals surface area contributed by atoms with Gasteiger partial charge in [-0.2, -0.15) is 0 Å². The number of carbonyl (C=O) groups excluding carboxylic acids is 1. The third-order valence-electron chi connectivity index (χ3n) is 5.10. The van der Waals surface area contributed by atoms with Crippen LogP contribution >= 0.6 is 0 Å². The van der Waals surface area contributed by atoms with Crippen molar-refractivity contribution in [3.63, 3.8) is 0 Å². The van der Waals surface area contributed by atoms with Gasteiger partial charge in [0.15, 0.2) is 0 Å². The maximum Gasteiger partial charge on any atom is 0.338 e. The fraction of sp³-hybridized carbons (Fsp3) is 0.227. The molecule has 1 aliphatic carbocycles. The van der Waals surface area contributed by atoms with Crippen LogP contribution in [0.15, 0.2) is 48.5 Å². The lowest BCUT2D eigenvalue weighted by Gasteiger charge is -2.17. The number of hydrogen-bond donors (Lipinski definition) is 1. The van der Waals surface area contributed by atoms with Crippen molar-refractivity contribution in [3.05, 3.63) is 70.8 Å². The Labute approximate surface area is 152 Å². The summed E-state index contributed by atoms with van der Waals surface area (Å²) >= 11 is 0. The quantitative estimate of drug-likeness (QED) is 0.559. The number of methoxy groups -OCH3 is 1. The molecule has 1 atom stereocenters. The van der Waals surface area contributed by atoms with Gasteiger partial charge >= 0.3 is 5.97 Å². The van der Waals surface area contributed by atoms with Gasteiger partial charge in [0.1, 0.15) is 11.9 Å². The number of nitrogens with two attached hydrogens (primary N) is 1. The first-order valence-corrected chi connectivity index (χ1v) is 8.76. The number of esters is 1. The molecular weight excluding hydrogens is 326 g/mol. The Morgan fingerprint density at radius 1 is 1.08 bits per heavy atom. The van der Waals surface area contributed by atoms with Gasteiger partial charge in [0.2, 0.25) is 0 Å². The molecular formula is C22H21NO3. The minimum absolute atomic E-state index is 0.351. The van der Waals surface area contributed by atoms with E-state index < -0.39 is 5.97 Å². The van der Waals surface area contributed by atoms with Crippen LogP contribution in [0, 0.1) is 0 Å². The van der Waals surface area contributed by atoms with Crippen molar-refractivity contribution in [1.29, 1.82) is 0 Å². The van der Waals surface area contributed by atoms with E-state index in [9.17, 15) is 4.79 Å². The van der Waals surface area contributed by atoms with Crippen LogP contribution in [-0.4, -0.2) is 13.1 Å². The summed E-state index contributed by atoms with van der Waals surface area (Å²) in [6.45, 7) is 1.91. The summed E-state index contributed by atoms with van der Waals surface area (Å²) in [4.78, 5) is 12.5. The number of benzene rings is 3. The summed E-state index contributed by atoms with van der Waals surface area (Å²) in [7, 11) is 1.54. The SMILES string of the molecule is COc1ccc(C(=O)O[C@@H](C)c2ccc3c4c(cccc24)CC3)cc1N. The summed E-state index contributed by atoms with van der Waals surface area (Å²) in [5, 5.41) is 2.49. The van der Waals surface area contributed by atoms with Crippen LogP contribution in [0.3, 0.4) is 0 Å². The topological polar surface area (TPSA) is 61.5 Å². The Bertz CT molecular complexity index is 999. The first-order valence-electron chi connectivity index (χ1n) is 8.76. The molecule has 0 saturated heterocycles. The molecule has 4 nitrogen and oxygen atoms in total. The van der Waals surface area contributed by atoms with Gasteiger partial charge in [-0.15, -0.1) is 0 Å². The fourth-order valence-electron chi connectivity index (χ4n) is 3.78. The maximum atomic E-state index is 12.5. The van der Waals surface area contributed by atoms with Gasteiger partial charge in [-0.3, -0.25) is 0 Å². The number of rotatable bonds is 4. The smallest absolute Gasteiger partial charge is 0.338 e. The second-order valence-corrected chi connectivity index (χ2v) is 6.66. The Kier molecular flexibility index (Phi) is 4.03. The van der Waals surface area contributed by atoms with Gasteiger partial charge in [0, 0.05) is 5.56 Å². The van der Waals surface area contributed by atoms with Gasteiger partial charge in [-0.1, -0.05) is 30.3 Å². The standard InChI is InChI=1S/C22H21NO3/c1-13(26-22(24)16-9-11-20(25-2)19(23)12-16)17-10-8-15-7-6-14-4-3-5-18(17)21(14)15/h3-5,8-13H,6-7,23H2,1-2H3/t13-/m0/s1. The number of ether oxygens (including phenoxy) is 2. The Balaban J connectivity index is 1.63. The lowest BCUT2D eigenvalue weighted by molar-refractivity contribution is 0.0341. The van der Waals surface area contributed by atoms with Crippen molar-refractivity contribution < 1.29 is 14.3 Å². The molecule has 132 valence electrons. The van der Waals surface area contributed by atoms with E-state index in [4.69, 9.17) is 15.2 Å². The molecule has 0 fully saturated rings. The second kappa shape index (κ2) is 6.37. The molecule has 1 aliphatic rings. The molecule has 0 unspecified atom stereocenters. The van der Waals surface area contributed by atoms with Crippen molar-refractivity contribution >= 4 is 22.4 Å². The zero-order valence-corrected chi connectivity index (χ0v) is 14.9. The minimum atomic E-state index is -0.393. The average Bonchev–Trinajstić information content (AvgIpc) is 3.07.